The molecule has 0 saturated carbocycles. The molecular weight excluding hydrogens is 402 g/mol. The molecule has 0 bridgehead atoms. The Kier molecular flexibility index (Phi) is 5.25. The van der Waals surface area contributed by atoms with Gasteiger partial charge in [-0.2, -0.15) is 26.3 Å². The number of aromatic nitrogens is 1. The van der Waals surface area contributed by atoms with Gasteiger partial charge in [-0.3, -0.25) is 0 Å². The Morgan fingerprint density at radius 1 is 1.10 bits per heavy atom. The lowest BCUT2D eigenvalue weighted by molar-refractivity contribution is -0.136. The molecule has 0 unspecified atom stereocenters. The van der Waals surface area contributed by atoms with Crippen molar-refractivity contribution in [3.63, 3.8) is 0 Å². The van der Waals surface area contributed by atoms with Gasteiger partial charge in [-0.1, -0.05) is 0 Å². The molecule has 0 aliphatic carbocycles. The molecule has 0 amide bonds. The second-order valence-electron chi connectivity index (χ2n) is 7.32. The van der Waals surface area contributed by atoms with Gasteiger partial charge in [-0.15, -0.1) is 0 Å². The molecule has 2 aromatic rings. The van der Waals surface area contributed by atoms with E-state index in [9.17, 15) is 26.3 Å². The third-order valence-electron chi connectivity index (χ3n) is 4.67. The molecule has 0 N–H and O–H groups in total. The molecule has 2 heterocycles. The summed E-state index contributed by atoms with van der Waals surface area (Å²) in [6.45, 7) is 5.13. The molecule has 1 aliphatic rings. The van der Waals surface area contributed by atoms with E-state index < -0.39 is 42.7 Å². The fourth-order valence-corrected chi connectivity index (χ4v) is 3.27. The van der Waals surface area contributed by atoms with Crippen LogP contribution in [0.3, 0.4) is 0 Å². The molecule has 2 atom stereocenters. The molecule has 1 aliphatic heterocycles. The van der Waals surface area contributed by atoms with Crippen molar-refractivity contribution in [2.24, 2.45) is 0 Å². The lowest BCUT2D eigenvalue weighted by atomic mass is 10.0. The Bertz CT molecular complexity index is 910. The summed E-state index contributed by atoms with van der Waals surface area (Å²) >= 11 is 0. The molecule has 10 heteroatoms. The van der Waals surface area contributed by atoms with Crippen LogP contribution in [0.1, 0.15) is 33.3 Å². The van der Waals surface area contributed by atoms with Gasteiger partial charge in [0, 0.05) is 17.5 Å². The number of anilines is 1. The number of fused-ring (bicyclic) bond motifs is 2. The van der Waals surface area contributed by atoms with E-state index in [0.29, 0.717) is 0 Å². The van der Waals surface area contributed by atoms with Crippen LogP contribution in [-0.4, -0.2) is 36.0 Å². The molecule has 0 radical (unpaired) electrons. The minimum atomic E-state index is -4.74. The van der Waals surface area contributed by atoms with Crippen molar-refractivity contribution in [3.05, 3.63) is 23.8 Å². The highest BCUT2D eigenvalue weighted by Crippen LogP contribution is 2.44. The summed E-state index contributed by atoms with van der Waals surface area (Å²) in [5.41, 5.74) is -1.15. The average molecular weight is 422 g/mol. The van der Waals surface area contributed by atoms with Crippen LogP contribution in [0.5, 0.6) is 11.6 Å². The SMILES string of the molecule is CC(C)Oc1cc(C(F)(F)F)c2cc3c(cc2n1)O[C@@H](C)[C@H](C)N3CC(F)(F)F. The van der Waals surface area contributed by atoms with Gasteiger partial charge >= 0.3 is 12.4 Å². The largest absolute Gasteiger partial charge is 0.486 e. The van der Waals surface area contributed by atoms with Gasteiger partial charge < -0.3 is 14.4 Å². The maximum atomic E-state index is 13.7. The highest BCUT2D eigenvalue weighted by molar-refractivity contribution is 5.90. The molecule has 1 aromatic heterocycles. The van der Waals surface area contributed by atoms with Crippen LogP contribution in [0.4, 0.5) is 32.0 Å². The summed E-state index contributed by atoms with van der Waals surface area (Å²) in [4.78, 5) is 5.11. The van der Waals surface area contributed by atoms with Crippen LogP contribution in [0.2, 0.25) is 0 Å². The molecular formula is C19H20F6N2O2. The molecule has 3 rings (SSSR count). The molecule has 1 aromatic carbocycles. The number of ether oxygens (including phenoxy) is 2. The zero-order chi connectivity index (χ0) is 21.7. The van der Waals surface area contributed by atoms with Crippen LogP contribution in [0.25, 0.3) is 10.9 Å². The number of alkyl halides is 6. The van der Waals surface area contributed by atoms with Crippen molar-refractivity contribution in [2.45, 2.75) is 58.3 Å². The number of hydrogen-bond donors (Lipinski definition) is 0. The van der Waals surface area contributed by atoms with E-state index in [2.05, 4.69) is 4.98 Å². The minimum Gasteiger partial charge on any atom is -0.486 e. The Morgan fingerprint density at radius 3 is 2.31 bits per heavy atom. The Balaban J connectivity index is 2.24. The zero-order valence-electron chi connectivity index (χ0n) is 16.1. The number of hydrogen-bond acceptors (Lipinski definition) is 4. The topological polar surface area (TPSA) is 34.6 Å². The van der Waals surface area contributed by atoms with Crippen LogP contribution in [0.15, 0.2) is 18.2 Å². The van der Waals surface area contributed by atoms with Gasteiger partial charge in [-0.25, -0.2) is 4.98 Å². The number of rotatable bonds is 3. The van der Waals surface area contributed by atoms with E-state index in [4.69, 9.17) is 9.47 Å². The summed E-state index contributed by atoms with van der Waals surface area (Å²) in [5, 5.41) is -0.315. The predicted octanol–water partition coefficient (Wildman–Crippen LogP) is 5.58. The first-order valence-corrected chi connectivity index (χ1v) is 8.99. The van der Waals surface area contributed by atoms with Crippen molar-refractivity contribution >= 4 is 16.6 Å². The number of benzene rings is 1. The van der Waals surface area contributed by atoms with Crippen LogP contribution < -0.4 is 14.4 Å². The van der Waals surface area contributed by atoms with Gasteiger partial charge in [0.05, 0.1) is 28.9 Å². The molecule has 4 nitrogen and oxygen atoms in total. The Morgan fingerprint density at radius 2 is 1.76 bits per heavy atom. The van der Waals surface area contributed by atoms with Crippen molar-refractivity contribution in [2.75, 3.05) is 11.4 Å². The fourth-order valence-electron chi connectivity index (χ4n) is 3.27. The minimum absolute atomic E-state index is 0.0506. The van der Waals surface area contributed by atoms with Crippen molar-refractivity contribution in [3.8, 4) is 11.6 Å². The predicted molar refractivity (Wildman–Crippen MR) is 95.5 cm³/mol. The third kappa shape index (κ3) is 4.45. The Labute approximate surface area is 163 Å². The molecule has 0 spiro atoms. The van der Waals surface area contributed by atoms with Crippen molar-refractivity contribution in [1.82, 2.24) is 4.98 Å². The van der Waals surface area contributed by atoms with Crippen LogP contribution in [-0.2, 0) is 6.18 Å². The van der Waals surface area contributed by atoms with Gasteiger partial charge in [0.1, 0.15) is 18.4 Å². The fraction of sp³-hybridized carbons (Fsp3) is 0.526. The molecule has 0 saturated heterocycles. The monoisotopic (exact) mass is 422 g/mol. The number of nitrogens with zero attached hydrogens (tertiary/aromatic N) is 2. The normalized spacial score (nSPS) is 20.0. The van der Waals surface area contributed by atoms with E-state index in [-0.39, 0.29) is 28.2 Å². The first-order valence-electron chi connectivity index (χ1n) is 8.99. The highest BCUT2D eigenvalue weighted by atomic mass is 19.4. The first-order chi connectivity index (χ1) is 13.3. The van der Waals surface area contributed by atoms with E-state index in [1.807, 2.05) is 0 Å². The standard InChI is InChI=1S/C19H20F6N2O2/c1-9(2)28-17-6-13(19(23,24)25)12-5-15-16(7-14(12)26-17)29-11(4)10(3)27(15)8-18(20,21)22/h5-7,9-11H,8H2,1-4H3/t10-,11-/m0/s1. The summed E-state index contributed by atoms with van der Waals surface area (Å²) < 4.78 is 91.3. The van der Waals surface area contributed by atoms with Crippen molar-refractivity contribution in [1.29, 1.82) is 0 Å². The van der Waals surface area contributed by atoms with Gasteiger partial charge in [-0.05, 0) is 33.8 Å². The van der Waals surface area contributed by atoms with E-state index >= 15 is 0 Å². The van der Waals surface area contributed by atoms with E-state index in [1.165, 1.54) is 13.0 Å². The summed E-state index contributed by atoms with van der Waals surface area (Å²) in [6, 6.07) is 2.37. The number of halogens is 6. The highest BCUT2D eigenvalue weighted by Gasteiger charge is 2.40. The molecule has 0 fully saturated rings. The lowest BCUT2D eigenvalue weighted by Crippen LogP contribution is -2.50. The van der Waals surface area contributed by atoms with E-state index in [0.717, 1.165) is 17.0 Å². The second-order valence-corrected chi connectivity index (χ2v) is 7.32. The zero-order valence-corrected chi connectivity index (χ0v) is 16.1. The Hall–Kier alpha value is -2.39. The molecule has 29 heavy (non-hydrogen) atoms. The van der Waals surface area contributed by atoms with Gasteiger partial charge in [0.15, 0.2) is 0 Å². The quantitative estimate of drug-likeness (QED) is 0.605. The smallest absolute Gasteiger partial charge is 0.417 e. The lowest BCUT2D eigenvalue weighted by Gasteiger charge is -2.41. The second kappa shape index (κ2) is 7.14. The van der Waals surface area contributed by atoms with Gasteiger partial charge in [0.25, 0.3) is 0 Å². The average Bonchev–Trinajstić information content (AvgIpc) is 2.54. The first kappa shape index (κ1) is 21.3. The van der Waals surface area contributed by atoms with Gasteiger partial charge in [0.2, 0.25) is 5.88 Å². The van der Waals surface area contributed by atoms with E-state index in [1.54, 1.807) is 20.8 Å². The van der Waals surface area contributed by atoms with Crippen molar-refractivity contribution < 1.29 is 35.8 Å². The number of pyridine rings is 1. The third-order valence-corrected chi connectivity index (χ3v) is 4.67. The summed E-state index contributed by atoms with van der Waals surface area (Å²) in [7, 11) is 0. The van der Waals surface area contributed by atoms with Crippen LogP contribution >= 0.6 is 0 Å². The maximum absolute atomic E-state index is 13.7. The molecule has 160 valence electrons. The summed E-state index contributed by atoms with van der Waals surface area (Å²) in [6.07, 6.45) is -10.3. The van der Waals surface area contributed by atoms with Crippen LogP contribution in [0, 0.1) is 0 Å². The maximum Gasteiger partial charge on any atom is 0.417 e. The summed E-state index contributed by atoms with van der Waals surface area (Å²) in [5.74, 6) is -0.168.